The summed E-state index contributed by atoms with van der Waals surface area (Å²) < 4.78 is 5.41. The van der Waals surface area contributed by atoms with Gasteiger partial charge in [-0.3, -0.25) is 14.5 Å². The van der Waals surface area contributed by atoms with Gasteiger partial charge in [0, 0.05) is 12.1 Å². The number of rotatable bonds is 6. The van der Waals surface area contributed by atoms with Crippen molar-refractivity contribution in [1.82, 2.24) is 4.90 Å². The third kappa shape index (κ3) is 4.80. The Labute approximate surface area is 179 Å². The maximum Gasteiger partial charge on any atom is 0.243 e. The van der Waals surface area contributed by atoms with E-state index in [-0.39, 0.29) is 24.8 Å². The molecule has 1 aliphatic rings. The maximum atomic E-state index is 13.1. The van der Waals surface area contributed by atoms with Crippen LogP contribution in [0.4, 0.5) is 11.4 Å². The first kappa shape index (κ1) is 20.0. The largest absolute Gasteiger partial charge is 0.467 e. The number of nitrogens with one attached hydrogen (secondary N) is 1. The molecule has 2 aromatic carbocycles. The van der Waals surface area contributed by atoms with E-state index in [2.05, 4.69) is 10.3 Å². The number of aliphatic imine (C=N–C) groups is 1. The zero-order valence-corrected chi connectivity index (χ0v) is 17.3. The zero-order valence-electron chi connectivity index (χ0n) is 16.4. The van der Waals surface area contributed by atoms with Crippen molar-refractivity contribution in [3.63, 3.8) is 0 Å². The van der Waals surface area contributed by atoms with Gasteiger partial charge in [0.05, 0.1) is 18.5 Å². The number of carbonyl (C=O) groups is 2. The second kappa shape index (κ2) is 9.00. The molecule has 0 saturated carbocycles. The molecule has 152 valence electrons. The van der Waals surface area contributed by atoms with Crippen LogP contribution in [-0.4, -0.2) is 27.1 Å². The minimum absolute atomic E-state index is 0.0693. The number of benzene rings is 2. The van der Waals surface area contributed by atoms with Crippen molar-refractivity contribution < 1.29 is 14.0 Å². The molecule has 0 aliphatic carbocycles. The average Bonchev–Trinajstić information content (AvgIpc) is 3.35. The molecule has 0 radical (unpaired) electrons. The van der Waals surface area contributed by atoms with E-state index in [1.165, 1.54) is 11.8 Å². The summed E-state index contributed by atoms with van der Waals surface area (Å²) in [6.45, 7) is 2.27. The maximum absolute atomic E-state index is 13.1. The molecule has 1 atom stereocenters. The highest BCUT2D eigenvalue weighted by molar-refractivity contribution is 8.15. The normalized spacial score (nSPS) is 17.5. The molecule has 30 heavy (non-hydrogen) atoms. The summed E-state index contributed by atoms with van der Waals surface area (Å²) in [5, 5.41) is 2.89. The molecule has 0 spiro atoms. The number of hydrogen-bond acceptors (Lipinski definition) is 5. The van der Waals surface area contributed by atoms with Crippen LogP contribution >= 0.6 is 11.8 Å². The number of nitrogens with zero attached hydrogens (tertiary/aromatic N) is 2. The number of hydrogen-bond donors (Lipinski definition) is 1. The lowest BCUT2D eigenvalue weighted by Gasteiger charge is -2.15. The Morgan fingerprint density at radius 1 is 1.10 bits per heavy atom. The minimum atomic E-state index is -0.534. The molecule has 7 heteroatoms. The van der Waals surface area contributed by atoms with Gasteiger partial charge in [0.1, 0.15) is 11.0 Å². The van der Waals surface area contributed by atoms with Gasteiger partial charge in [-0.25, -0.2) is 4.99 Å². The summed E-state index contributed by atoms with van der Waals surface area (Å²) in [4.78, 5) is 31.8. The number of aryl methyl sites for hydroxylation is 1. The SMILES string of the molecule is Cc1ccc(NC(=O)C[C@H]2SC(=Nc3ccccc3)N(Cc3ccco3)C2=O)cc1. The molecular formula is C23H21N3O3S. The summed E-state index contributed by atoms with van der Waals surface area (Å²) in [7, 11) is 0. The molecule has 2 heterocycles. The van der Waals surface area contributed by atoms with E-state index in [4.69, 9.17) is 4.42 Å². The van der Waals surface area contributed by atoms with Gasteiger partial charge in [-0.1, -0.05) is 47.7 Å². The first-order valence-electron chi connectivity index (χ1n) is 9.59. The fourth-order valence-corrected chi connectivity index (χ4v) is 4.22. The summed E-state index contributed by atoms with van der Waals surface area (Å²) in [6, 6.07) is 20.6. The highest BCUT2D eigenvalue weighted by Gasteiger charge is 2.39. The third-order valence-corrected chi connectivity index (χ3v) is 5.78. The molecule has 1 aromatic heterocycles. The predicted molar refractivity (Wildman–Crippen MR) is 119 cm³/mol. The predicted octanol–water partition coefficient (Wildman–Crippen LogP) is 4.75. The number of anilines is 1. The highest BCUT2D eigenvalue weighted by atomic mass is 32.2. The molecule has 1 fully saturated rings. The Morgan fingerprint density at radius 3 is 2.57 bits per heavy atom. The van der Waals surface area contributed by atoms with E-state index < -0.39 is 5.25 Å². The molecule has 6 nitrogen and oxygen atoms in total. The van der Waals surface area contributed by atoms with Gasteiger partial charge in [-0.15, -0.1) is 0 Å². The van der Waals surface area contributed by atoms with Crippen LogP contribution < -0.4 is 5.32 Å². The van der Waals surface area contributed by atoms with Crippen molar-refractivity contribution >= 4 is 40.1 Å². The van der Waals surface area contributed by atoms with Gasteiger partial charge in [-0.05, 0) is 43.3 Å². The van der Waals surface area contributed by atoms with Gasteiger partial charge in [-0.2, -0.15) is 0 Å². The highest BCUT2D eigenvalue weighted by Crippen LogP contribution is 2.33. The Bertz CT molecular complexity index is 1050. The van der Waals surface area contributed by atoms with E-state index in [1.807, 2.05) is 67.6 Å². The molecular weight excluding hydrogens is 398 g/mol. The number of amidine groups is 1. The number of furan rings is 1. The second-order valence-electron chi connectivity index (χ2n) is 6.96. The van der Waals surface area contributed by atoms with Gasteiger partial charge in [0.25, 0.3) is 0 Å². The van der Waals surface area contributed by atoms with Crippen LogP contribution in [0.25, 0.3) is 0 Å². The van der Waals surface area contributed by atoms with E-state index in [0.29, 0.717) is 16.6 Å². The van der Waals surface area contributed by atoms with Crippen LogP contribution in [0.2, 0.25) is 0 Å². The summed E-state index contributed by atoms with van der Waals surface area (Å²) in [5.41, 5.74) is 2.58. The van der Waals surface area contributed by atoms with Gasteiger partial charge < -0.3 is 9.73 Å². The molecule has 2 amide bonds. The quantitative estimate of drug-likeness (QED) is 0.626. The van der Waals surface area contributed by atoms with E-state index in [1.54, 1.807) is 17.2 Å². The van der Waals surface area contributed by atoms with Crippen molar-refractivity contribution in [2.45, 2.75) is 25.1 Å². The van der Waals surface area contributed by atoms with Crippen molar-refractivity contribution in [3.05, 3.63) is 84.3 Å². The summed E-state index contributed by atoms with van der Waals surface area (Å²) in [6.07, 6.45) is 1.64. The Hall–Kier alpha value is -3.32. The first-order valence-corrected chi connectivity index (χ1v) is 10.5. The molecule has 3 aromatic rings. The molecule has 1 saturated heterocycles. The zero-order chi connectivity index (χ0) is 20.9. The number of carbonyl (C=O) groups excluding carboxylic acids is 2. The van der Waals surface area contributed by atoms with Crippen molar-refractivity contribution in [3.8, 4) is 0 Å². The fraction of sp³-hybridized carbons (Fsp3) is 0.174. The number of thioether (sulfide) groups is 1. The van der Waals surface area contributed by atoms with Gasteiger partial charge in [0.15, 0.2) is 5.17 Å². The fourth-order valence-electron chi connectivity index (χ4n) is 3.06. The van der Waals surface area contributed by atoms with Crippen LogP contribution in [0.1, 0.15) is 17.7 Å². The Balaban J connectivity index is 1.50. The van der Waals surface area contributed by atoms with Crippen molar-refractivity contribution in [1.29, 1.82) is 0 Å². The minimum Gasteiger partial charge on any atom is -0.467 e. The number of amides is 2. The summed E-state index contributed by atoms with van der Waals surface area (Å²) in [5.74, 6) is 0.309. The van der Waals surface area contributed by atoms with Gasteiger partial charge in [0.2, 0.25) is 11.8 Å². The third-order valence-electron chi connectivity index (χ3n) is 4.60. The summed E-state index contributed by atoms with van der Waals surface area (Å²) >= 11 is 1.31. The van der Waals surface area contributed by atoms with Crippen molar-refractivity contribution in [2.75, 3.05) is 5.32 Å². The van der Waals surface area contributed by atoms with E-state index in [0.717, 1.165) is 11.3 Å². The van der Waals surface area contributed by atoms with Crippen LogP contribution in [-0.2, 0) is 16.1 Å². The Kier molecular flexibility index (Phi) is 5.99. The standard InChI is InChI=1S/C23H21N3O3S/c1-16-9-11-18(12-10-16)24-21(27)14-20-22(28)26(15-19-8-5-13-29-19)23(30-20)25-17-6-3-2-4-7-17/h2-13,20H,14-15H2,1H3,(H,24,27)/t20-/m1/s1. The van der Waals surface area contributed by atoms with E-state index >= 15 is 0 Å². The lowest BCUT2D eigenvalue weighted by Crippen LogP contribution is -2.33. The van der Waals surface area contributed by atoms with Crippen LogP contribution in [0.5, 0.6) is 0 Å². The van der Waals surface area contributed by atoms with Crippen LogP contribution in [0, 0.1) is 6.92 Å². The molecule has 1 aliphatic heterocycles. The topological polar surface area (TPSA) is 74.9 Å². The van der Waals surface area contributed by atoms with Crippen molar-refractivity contribution in [2.24, 2.45) is 4.99 Å². The molecule has 0 unspecified atom stereocenters. The first-order chi connectivity index (χ1) is 14.6. The lowest BCUT2D eigenvalue weighted by molar-refractivity contribution is -0.128. The van der Waals surface area contributed by atoms with E-state index in [9.17, 15) is 9.59 Å². The van der Waals surface area contributed by atoms with Crippen LogP contribution in [0.3, 0.4) is 0 Å². The Morgan fingerprint density at radius 2 is 1.87 bits per heavy atom. The van der Waals surface area contributed by atoms with Crippen LogP contribution in [0.15, 0.2) is 82.4 Å². The monoisotopic (exact) mass is 419 g/mol. The smallest absolute Gasteiger partial charge is 0.243 e. The van der Waals surface area contributed by atoms with Gasteiger partial charge >= 0.3 is 0 Å². The number of para-hydroxylation sites is 1. The molecule has 0 bridgehead atoms. The average molecular weight is 420 g/mol. The molecule has 4 rings (SSSR count). The molecule has 1 N–H and O–H groups in total. The lowest BCUT2D eigenvalue weighted by atomic mass is 10.2. The second-order valence-corrected chi connectivity index (χ2v) is 8.13.